The van der Waals surface area contributed by atoms with Gasteiger partial charge in [0.1, 0.15) is 0 Å². The molecule has 0 atom stereocenters. The van der Waals surface area contributed by atoms with Crippen LogP contribution in [-0.2, 0) is 9.53 Å². The Kier molecular flexibility index (Phi) is 4.39. The van der Waals surface area contributed by atoms with Crippen molar-refractivity contribution in [2.24, 2.45) is 5.92 Å². The minimum absolute atomic E-state index is 0.133. The molecule has 0 N–H and O–H groups in total. The third-order valence-electron chi connectivity index (χ3n) is 3.21. The van der Waals surface area contributed by atoms with Crippen molar-refractivity contribution in [2.45, 2.75) is 38.6 Å². The summed E-state index contributed by atoms with van der Waals surface area (Å²) < 4.78 is 4.65. The van der Waals surface area contributed by atoms with Crippen LogP contribution in [0.4, 0.5) is 0 Å². The number of hydrogen-bond donors (Lipinski definition) is 0. The molecule has 0 aliphatic heterocycles. The highest BCUT2D eigenvalue weighted by atomic mass is 16.5. The van der Waals surface area contributed by atoms with Crippen molar-refractivity contribution in [3.8, 4) is 0 Å². The first kappa shape index (κ1) is 11.5. The van der Waals surface area contributed by atoms with Crippen molar-refractivity contribution >= 4 is 5.97 Å². The zero-order valence-electron chi connectivity index (χ0n) is 9.45. The van der Waals surface area contributed by atoms with Gasteiger partial charge < -0.3 is 4.74 Å². The Morgan fingerprint density at radius 3 is 2.43 bits per heavy atom. The lowest BCUT2D eigenvalue weighted by molar-refractivity contribution is -0.142. The lowest BCUT2D eigenvalue weighted by Gasteiger charge is -2.32. The number of hydrogen-bond acceptors (Lipinski definition) is 3. The van der Waals surface area contributed by atoms with Gasteiger partial charge in [-0.15, -0.1) is 0 Å². The summed E-state index contributed by atoms with van der Waals surface area (Å²) in [5.41, 5.74) is 0. The second kappa shape index (κ2) is 5.35. The molecule has 0 bridgehead atoms. The van der Waals surface area contributed by atoms with Crippen LogP contribution in [0.2, 0.25) is 0 Å². The number of likely N-dealkylation sites (N-methyl/N-ethyl adjacent to an activating group) is 1. The molecule has 3 nitrogen and oxygen atoms in total. The van der Waals surface area contributed by atoms with E-state index < -0.39 is 0 Å². The van der Waals surface area contributed by atoms with E-state index in [0.29, 0.717) is 12.6 Å². The van der Waals surface area contributed by atoms with Gasteiger partial charge in [-0.25, -0.2) is 0 Å². The minimum atomic E-state index is -0.133. The van der Waals surface area contributed by atoms with Crippen LogP contribution in [0.5, 0.6) is 0 Å². The largest absolute Gasteiger partial charge is 0.468 e. The van der Waals surface area contributed by atoms with Crippen molar-refractivity contribution in [3.05, 3.63) is 0 Å². The second-order valence-electron chi connectivity index (χ2n) is 4.40. The van der Waals surface area contributed by atoms with Gasteiger partial charge in [0.05, 0.1) is 13.7 Å². The average molecular weight is 199 g/mol. The average Bonchev–Trinajstić information content (AvgIpc) is 2.18. The maximum atomic E-state index is 11.1. The third kappa shape index (κ3) is 3.29. The van der Waals surface area contributed by atoms with Crippen LogP contribution in [0.25, 0.3) is 0 Å². The number of nitrogens with zero attached hydrogens (tertiary/aromatic N) is 1. The van der Waals surface area contributed by atoms with E-state index in [0.717, 1.165) is 5.92 Å². The van der Waals surface area contributed by atoms with Gasteiger partial charge in [-0.05, 0) is 38.6 Å². The second-order valence-corrected chi connectivity index (χ2v) is 4.40. The summed E-state index contributed by atoms with van der Waals surface area (Å²) in [6.45, 7) is 2.73. The van der Waals surface area contributed by atoms with E-state index in [2.05, 4.69) is 16.6 Å². The fourth-order valence-corrected chi connectivity index (χ4v) is 2.08. The Balaban J connectivity index is 2.30. The van der Waals surface area contributed by atoms with E-state index in [4.69, 9.17) is 0 Å². The Morgan fingerprint density at radius 2 is 1.93 bits per heavy atom. The van der Waals surface area contributed by atoms with Gasteiger partial charge in [0.2, 0.25) is 0 Å². The molecule has 0 heterocycles. The smallest absolute Gasteiger partial charge is 0.319 e. The Labute approximate surface area is 86.4 Å². The van der Waals surface area contributed by atoms with E-state index in [1.54, 1.807) is 0 Å². The summed E-state index contributed by atoms with van der Waals surface area (Å²) in [6, 6.07) is 0.574. The molecule has 1 rings (SSSR count). The third-order valence-corrected chi connectivity index (χ3v) is 3.21. The highest BCUT2D eigenvalue weighted by Crippen LogP contribution is 2.26. The molecule has 0 amide bonds. The Bertz CT molecular complexity index is 186. The number of ether oxygens (including phenoxy) is 1. The molecule has 0 unspecified atom stereocenters. The summed E-state index contributed by atoms with van der Waals surface area (Å²) in [7, 11) is 3.46. The molecule has 0 aromatic rings. The Hall–Kier alpha value is -0.570. The van der Waals surface area contributed by atoms with Crippen LogP contribution in [0.1, 0.15) is 32.6 Å². The minimum Gasteiger partial charge on any atom is -0.468 e. The van der Waals surface area contributed by atoms with Crippen molar-refractivity contribution in [3.63, 3.8) is 0 Å². The lowest BCUT2D eigenvalue weighted by atomic mass is 9.87. The molecule has 1 aliphatic rings. The lowest BCUT2D eigenvalue weighted by Crippen LogP contribution is -2.38. The summed E-state index contributed by atoms with van der Waals surface area (Å²) in [5.74, 6) is 0.726. The standard InChI is InChI=1S/C11H21NO2/c1-9-4-6-10(7-5-9)12(2)8-11(13)14-3/h9-10H,4-8H2,1-3H3. The molecule has 0 aromatic carbocycles. The highest BCUT2D eigenvalue weighted by Gasteiger charge is 2.22. The number of carbonyl (C=O) groups excluding carboxylic acids is 1. The van der Waals surface area contributed by atoms with Crippen LogP contribution >= 0.6 is 0 Å². The summed E-state index contributed by atoms with van der Waals surface area (Å²) in [5, 5.41) is 0. The highest BCUT2D eigenvalue weighted by molar-refractivity contribution is 5.71. The van der Waals surface area contributed by atoms with E-state index in [9.17, 15) is 4.79 Å². The van der Waals surface area contributed by atoms with Crippen LogP contribution in [0.3, 0.4) is 0 Å². The van der Waals surface area contributed by atoms with Crippen LogP contribution in [-0.4, -0.2) is 37.6 Å². The molecule has 0 radical (unpaired) electrons. The number of esters is 1. The fourth-order valence-electron chi connectivity index (χ4n) is 2.08. The number of carbonyl (C=O) groups is 1. The normalized spacial score (nSPS) is 27.7. The predicted octanol–water partition coefficient (Wildman–Crippen LogP) is 1.67. The molecule has 3 heteroatoms. The zero-order valence-corrected chi connectivity index (χ0v) is 9.45. The molecule has 1 saturated carbocycles. The number of methoxy groups -OCH3 is 1. The molecular formula is C11H21NO2. The van der Waals surface area contributed by atoms with Gasteiger partial charge in [0.25, 0.3) is 0 Å². The maximum absolute atomic E-state index is 11.1. The summed E-state index contributed by atoms with van der Waals surface area (Å²) >= 11 is 0. The van der Waals surface area contributed by atoms with E-state index >= 15 is 0 Å². The van der Waals surface area contributed by atoms with Crippen LogP contribution in [0, 0.1) is 5.92 Å². The molecule has 1 fully saturated rings. The van der Waals surface area contributed by atoms with Crippen molar-refractivity contribution < 1.29 is 9.53 Å². The van der Waals surface area contributed by atoms with Gasteiger partial charge in [-0.1, -0.05) is 6.92 Å². The Morgan fingerprint density at radius 1 is 1.36 bits per heavy atom. The molecular weight excluding hydrogens is 178 g/mol. The first-order valence-electron chi connectivity index (χ1n) is 5.40. The monoisotopic (exact) mass is 199 g/mol. The quantitative estimate of drug-likeness (QED) is 0.648. The molecule has 1 aliphatic carbocycles. The zero-order chi connectivity index (χ0) is 10.6. The predicted molar refractivity (Wildman–Crippen MR) is 56.1 cm³/mol. The topological polar surface area (TPSA) is 29.5 Å². The van der Waals surface area contributed by atoms with Gasteiger partial charge in [-0.2, -0.15) is 0 Å². The van der Waals surface area contributed by atoms with E-state index in [-0.39, 0.29) is 5.97 Å². The first-order valence-corrected chi connectivity index (χ1v) is 5.40. The van der Waals surface area contributed by atoms with Crippen LogP contribution in [0.15, 0.2) is 0 Å². The SMILES string of the molecule is COC(=O)CN(C)C1CCC(C)CC1. The number of rotatable bonds is 3. The van der Waals surface area contributed by atoms with Gasteiger partial charge >= 0.3 is 5.97 Å². The fraction of sp³-hybridized carbons (Fsp3) is 0.909. The molecule has 0 aromatic heterocycles. The molecule has 82 valence electrons. The van der Waals surface area contributed by atoms with Crippen molar-refractivity contribution in [1.82, 2.24) is 4.90 Å². The summed E-state index contributed by atoms with van der Waals surface area (Å²) in [6.07, 6.45) is 5.01. The van der Waals surface area contributed by atoms with Crippen molar-refractivity contribution in [2.75, 3.05) is 20.7 Å². The van der Waals surface area contributed by atoms with Gasteiger partial charge in [-0.3, -0.25) is 9.69 Å². The maximum Gasteiger partial charge on any atom is 0.319 e. The van der Waals surface area contributed by atoms with E-state index in [1.165, 1.54) is 32.8 Å². The summed E-state index contributed by atoms with van der Waals surface area (Å²) in [4.78, 5) is 13.2. The molecule has 0 saturated heterocycles. The first-order chi connectivity index (χ1) is 6.63. The van der Waals surface area contributed by atoms with Gasteiger partial charge in [0.15, 0.2) is 0 Å². The van der Waals surface area contributed by atoms with E-state index in [1.807, 2.05) is 7.05 Å². The van der Waals surface area contributed by atoms with Crippen LogP contribution < -0.4 is 0 Å². The molecule has 14 heavy (non-hydrogen) atoms. The van der Waals surface area contributed by atoms with Gasteiger partial charge in [0, 0.05) is 6.04 Å². The van der Waals surface area contributed by atoms with Crippen molar-refractivity contribution in [1.29, 1.82) is 0 Å². The molecule has 0 spiro atoms.